The number of amides is 1. The number of piperidine rings is 1. The summed E-state index contributed by atoms with van der Waals surface area (Å²) in [5, 5.41) is 3.84. The van der Waals surface area contributed by atoms with Crippen molar-refractivity contribution in [1.82, 2.24) is 9.88 Å². The number of anilines is 2. The van der Waals surface area contributed by atoms with Gasteiger partial charge in [-0.05, 0) is 49.6 Å². The summed E-state index contributed by atoms with van der Waals surface area (Å²) in [5.41, 5.74) is 2.28. The van der Waals surface area contributed by atoms with Gasteiger partial charge in [-0.15, -0.1) is 0 Å². The molecule has 0 radical (unpaired) electrons. The molecule has 3 rings (SSSR count). The molecule has 1 aromatic carbocycles. The number of carbonyl (C=O) groups excluding carboxylic acids is 1. The predicted octanol–water partition coefficient (Wildman–Crippen LogP) is 4.10. The Hall–Kier alpha value is -2.07. The van der Waals surface area contributed by atoms with Crippen molar-refractivity contribution in [3.8, 4) is 0 Å². The van der Waals surface area contributed by atoms with Gasteiger partial charge in [-0.1, -0.05) is 11.6 Å². The average Bonchev–Trinajstić information content (AvgIpc) is 2.57. The van der Waals surface area contributed by atoms with Crippen LogP contribution < -0.4 is 5.32 Å². The molecular weight excluding hydrogens is 298 g/mol. The Morgan fingerprint density at radius 3 is 2.55 bits per heavy atom. The van der Waals surface area contributed by atoms with Crippen molar-refractivity contribution < 1.29 is 4.79 Å². The fraction of sp³-hybridized carbons (Fsp3) is 0.294. The minimum atomic E-state index is 0.0405. The van der Waals surface area contributed by atoms with Crippen LogP contribution in [0.1, 0.15) is 29.6 Å². The van der Waals surface area contributed by atoms with E-state index in [0.29, 0.717) is 10.6 Å². The lowest BCUT2D eigenvalue weighted by Crippen LogP contribution is -2.35. The third-order valence-corrected chi connectivity index (χ3v) is 4.05. The number of hydrogen-bond acceptors (Lipinski definition) is 3. The first-order valence-electron chi connectivity index (χ1n) is 7.50. The number of pyridine rings is 1. The Labute approximate surface area is 135 Å². The van der Waals surface area contributed by atoms with Crippen LogP contribution in [0.4, 0.5) is 11.4 Å². The van der Waals surface area contributed by atoms with Crippen molar-refractivity contribution in [2.45, 2.75) is 19.3 Å². The molecule has 1 aromatic heterocycles. The van der Waals surface area contributed by atoms with Crippen LogP contribution in [0, 0.1) is 0 Å². The second-order valence-corrected chi connectivity index (χ2v) is 5.84. The van der Waals surface area contributed by atoms with Gasteiger partial charge in [0.05, 0.1) is 11.3 Å². The van der Waals surface area contributed by atoms with Gasteiger partial charge in [0.1, 0.15) is 0 Å². The summed E-state index contributed by atoms with van der Waals surface area (Å²) >= 11 is 6.09. The topological polar surface area (TPSA) is 45.2 Å². The van der Waals surface area contributed by atoms with Gasteiger partial charge >= 0.3 is 0 Å². The van der Waals surface area contributed by atoms with Crippen LogP contribution in [0.25, 0.3) is 0 Å². The van der Waals surface area contributed by atoms with E-state index < -0.39 is 0 Å². The molecule has 0 saturated carbocycles. The molecule has 1 aliphatic heterocycles. The molecule has 22 heavy (non-hydrogen) atoms. The molecule has 5 heteroatoms. The second kappa shape index (κ2) is 6.79. The van der Waals surface area contributed by atoms with E-state index in [1.807, 2.05) is 23.1 Å². The summed E-state index contributed by atoms with van der Waals surface area (Å²) in [7, 11) is 0. The number of carbonyl (C=O) groups is 1. The summed E-state index contributed by atoms with van der Waals surface area (Å²) in [4.78, 5) is 18.7. The molecule has 1 N–H and O–H groups in total. The summed E-state index contributed by atoms with van der Waals surface area (Å²) in [6.07, 6.45) is 6.76. The lowest BCUT2D eigenvalue weighted by Gasteiger charge is -2.27. The zero-order valence-corrected chi connectivity index (χ0v) is 13.0. The number of likely N-dealkylation sites (tertiary alicyclic amines) is 1. The fourth-order valence-electron chi connectivity index (χ4n) is 2.66. The molecule has 1 saturated heterocycles. The molecule has 1 fully saturated rings. The van der Waals surface area contributed by atoms with Crippen molar-refractivity contribution in [2.75, 3.05) is 18.4 Å². The zero-order valence-electron chi connectivity index (χ0n) is 12.3. The van der Waals surface area contributed by atoms with Crippen LogP contribution in [0.3, 0.4) is 0 Å². The van der Waals surface area contributed by atoms with Gasteiger partial charge < -0.3 is 10.2 Å². The largest absolute Gasteiger partial charge is 0.355 e. The minimum Gasteiger partial charge on any atom is -0.355 e. The smallest absolute Gasteiger partial charge is 0.256 e. The van der Waals surface area contributed by atoms with E-state index in [1.165, 1.54) is 6.42 Å². The first kappa shape index (κ1) is 14.9. The van der Waals surface area contributed by atoms with E-state index >= 15 is 0 Å². The maximum Gasteiger partial charge on any atom is 0.256 e. The van der Waals surface area contributed by atoms with Crippen molar-refractivity contribution in [3.63, 3.8) is 0 Å². The molecule has 0 spiro atoms. The fourth-order valence-corrected chi connectivity index (χ4v) is 2.83. The molecule has 0 atom stereocenters. The molecular formula is C17H18ClN3O. The van der Waals surface area contributed by atoms with Crippen molar-refractivity contribution in [2.24, 2.45) is 0 Å². The normalized spacial score (nSPS) is 14.7. The molecule has 2 aromatic rings. The van der Waals surface area contributed by atoms with Crippen LogP contribution in [-0.4, -0.2) is 28.9 Å². The van der Waals surface area contributed by atoms with Crippen molar-refractivity contribution in [3.05, 3.63) is 53.3 Å². The number of nitrogens with one attached hydrogen (secondary N) is 1. The van der Waals surface area contributed by atoms with Crippen LogP contribution in [0.15, 0.2) is 42.7 Å². The first-order valence-corrected chi connectivity index (χ1v) is 7.88. The Balaban J connectivity index is 1.88. The van der Waals surface area contributed by atoms with Crippen LogP contribution in [-0.2, 0) is 0 Å². The lowest BCUT2D eigenvalue weighted by atomic mass is 10.1. The summed E-state index contributed by atoms with van der Waals surface area (Å²) in [5.74, 6) is 0.0405. The Kier molecular flexibility index (Phi) is 4.59. The molecule has 114 valence electrons. The Morgan fingerprint density at radius 1 is 1.09 bits per heavy atom. The van der Waals surface area contributed by atoms with Gasteiger partial charge in [0.15, 0.2) is 0 Å². The monoisotopic (exact) mass is 315 g/mol. The number of benzene rings is 1. The summed E-state index contributed by atoms with van der Waals surface area (Å²) in [6.45, 7) is 1.64. The van der Waals surface area contributed by atoms with Crippen LogP contribution >= 0.6 is 11.6 Å². The van der Waals surface area contributed by atoms with Gasteiger partial charge in [-0.3, -0.25) is 9.78 Å². The third kappa shape index (κ3) is 3.39. The SMILES string of the molecule is O=C(c1cc(Cl)ccc1Nc1ccncc1)N1CCCCC1. The highest BCUT2D eigenvalue weighted by molar-refractivity contribution is 6.31. The Bertz CT molecular complexity index is 654. The molecule has 2 heterocycles. The van der Waals surface area contributed by atoms with Crippen molar-refractivity contribution in [1.29, 1.82) is 0 Å². The van der Waals surface area contributed by atoms with E-state index in [-0.39, 0.29) is 5.91 Å². The van der Waals surface area contributed by atoms with E-state index in [1.54, 1.807) is 24.5 Å². The van der Waals surface area contributed by atoms with E-state index in [4.69, 9.17) is 11.6 Å². The van der Waals surface area contributed by atoms with Gasteiger partial charge in [-0.25, -0.2) is 0 Å². The van der Waals surface area contributed by atoms with Crippen LogP contribution in [0.2, 0.25) is 5.02 Å². The number of rotatable bonds is 3. The lowest BCUT2D eigenvalue weighted by molar-refractivity contribution is 0.0725. The van der Waals surface area contributed by atoms with Gasteiger partial charge in [0.2, 0.25) is 0 Å². The molecule has 1 aliphatic rings. The predicted molar refractivity (Wildman–Crippen MR) is 88.7 cm³/mol. The second-order valence-electron chi connectivity index (χ2n) is 5.40. The molecule has 0 unspecified atom stereocenters. The summed E-state index contributed by atoms with van der Waals surface area (Å²) in [6, 6.07) is 9.10. The highest BCUT2D eigenvalue weighted by atomic mass is 35.5. The van der Waals surface area contributed by atoms with E-state index in [0.717, 1.165) is 37.3 Å². The van der Waals surface area contributed by atoms with Crippen molar-refractivity contribution >= 4 is 28.9 Å². The number of aromatic nitrogens is 1. The van der Waals surface area contributed by atoms with Gasteiger partial charge in [0.25, 0.3) is 5.91 Å². The van der Waals surface area contributed by atoms with Crippen LogP contribution in [0.5, 0.6) is 0 Å². The zero-order chi connectivity index (χ0) is 15.4. The molecule has 1 amide bonds. The summed E-state index contributed by atoms with van der Waals surface area (Å²) < 4.78 is 0. The highest BCUT2D eigenvalue weighted by Gasteiger charge is 2.21. The van der Waals surface area contributed by atoms with Gasteiger partial charge in [-0.2, -0.15) is 0 Å². The molecule has 4 nitrogen and oxygen atoms in total. The number of hydrogen-bond donors (Lipinski definition) is 1. The average molecular weight is 316 g/mol. The van der Waals surface area contributed by atoms with E-state index in [2.05, 4.69) is 10.3 Å². The Morgan fingerprint density at radius 2 is 1.82 bits per heavy atom. The van der Waals surface area contributed by atoms with E-state index in [9.17, 15) is 4.79 Å². The third-order valence-electron chi connectivity index (χ3n) is 3.81. The quantitative estimate of drug-likeness (QED) is 0.927. The number of halogens is 1. The highest BCUT2D eigenvalue weighted by Crippen LogP contribution is 2.26. The van der Waals surface area contributed by atoms with Gasteiger partial charge in [0, 0.05) is 36.2 Å². The minimum absolute atomic E-state index is 0.0405. The molecule has 0 aliphatic carbocycles. The maximum atomic E-state index is 12.8. The first-order chi connectivity index (χ1) is 10.7. The molecule has 0 bridgehead atoms. The standard InChI is InChI=1S/C17H18ClN3O/c18-13-4-5-16(20-14-6-8-19-9-7-14)15(12-13)17(22)21-10-2-1-3-11-21/h4-9,12H,1-3,10-11H2,(H,19,20). The number of nitrogens with zero attached hydrogens (tertiary/aromatic N) is 2. The maximum absolute atomic E-state index is 12.8.